The first-order valence-corrected chi connectivity index (χ1v) is 11.0. The van der Waals surface area contributed by atoms with Gasteiger partial charge in [-0.2, -0.15) is 0 Å². The summed E-state index contributed by atoms with van der Waals surface area (Å²) in [4.78, 5) is 0. The Hall–Kier alpha value is -1.34. The van der Waals surface area contributed by atoms with Crippen molar-refractivity contribution in [2.75, 3.05) is 0 Å². The predicted octanol–water partition coefficient (Wildman–Crippen LogP) is 4.89. The molecule has 0 spiro atoms. The second kappa shape index (κ2) is 5.34. The number of hydrogen-bond donors (Lipinski definition) is 0. The zero-order valence-corrected chi connectivity index (χ0v) is 17.0. The fourth-order valence-electron chi connectivity index (χ4n) is 5.48. The van der Waals surface area contributed by atoms with Crippen LogP contribution in [0.25, 0.3) is 0 Å². The van der Waals surface area contributed by atoms with Gasteiger partial charge < -0.3 is 0 Å². The van der Waals surface area contributed by atoms with Crippen molar-refractivity contribution in [1.29, 1.82) is 0 Å². The monoisotopic (exact) mass is 322 g/mol. The van der Waals surface area contributed by atoms with Crippen LogP contribution in [-0.2, 0) is 0 Å². The Kier molecular flexibility index (Phi) is 3.83. The van der Waals surface area contributed by atoms with Crippen molar-refractivity contribution in [2.24, 2.45) is 0 Å². The van der Waals surface area contributed by atoms with Crippen molar-refractivity contribution in [3.63, 3.8) is 0 Å². The molecule has 122 valence electrons. The van der Waals surface area contributed by atoms with Gasteiger partial charge in [-0.05, 0) is 63.0 Å². The van der Waals surface area contributed by atoms with Crippen molar-refractivity contribution in [3.05, 3.63) is 57.6 Å². The second-order valence-corrected chi connectivity index (χ2v) is 12.6. The zero-order chi connectivity index (χ0) is 17.1. The van der Waals surface area contributed by atoms with Crippen LogP contribution in [0.15, 0.2) is 24.3 Å². The maximum absolute atomic E-state index is 2.49. The summed E-state index contributed by atoms with van der Waals surface area (Å²) < 4.78 is 0. The van der Waals surface area contributed by atoms with E-state index in [-0.39, 0.29) is 0 Å². The first-order valence-electron chi connectivity index (χ1n) is 8.87. The molecule has 23 heavy (non-hydrogen) atoms. The molecule has 2 aromatic rings. The predicted molar refractivity (Wildman–Crippen MR) is 105 cm³/mol. The maximum Gasteiger partial charge on any atom is 0.125 e. The molecule has 0 unspecified atom stereocenters. The van der Waals surface area contributed by atoms with E-state index in [1.807, 2.05) is 0 Å². The molecule has 2 atom stereocenters. The minimum Gasteiger partial charge on any atom is -0.0643 e. The van der Waals surface area contributed by atoms with Gasteiger partial charge in [-0.25, -0.2) is 0 Å². The highest BCUT2D eigenvalue weighted by atomic mass is 28.3. The summed E-state index contributed by atoms with van der Waals surface area (Å²) in [6, 6.07) is 9.59. The van der Waals surface area contributed by atoms with Gasteiger partial charge in [-0.3, -0.25) is 0 Å². The number of rotatable bonds is 2. The Morgan fingerprint density at radius 3 is 1.04 bits per heavy atom. The van der Waals surface area contributed by atoms with Gasteiger partial charge in [0, 0.05) is 0 Å². The van der Waals surface area contributed by atoms with Crippen LogP contribution in [0.4, 0.5) is 0 Å². The lowest BCUT2D eigenvalue weighted by Crippen LogP contribution is -2.52. The number of benzene rings is 2. The summed E-state index contributed by atoms with van der Waals surface area (Å²) in [6.07, 6.45) is 0. The molecule has 0 aromatic heterocycles. The van der Waals surface area contributed by atoms with Crippen LogP contribution in [0.5, 0.6) is 0 Å². The molecule has 0 bridgehead atoms. The van der Waals surface area contributed by atoms with Crippen LogP contribution < -0.4 is 10.4 Å². The minimum absolute atomic E-state index is 0.836. The van der Waals surface area contributed by atoms with E-state index in [1.165, 1.54) is 33.4 Å². The SMILES string of the molecule is Cc1cc(C)c([Si]2(c3c(C)cc(C)cc3C)[C@H](C)[C@H]2C)c(C)c1. The molecule has 0 nitrogen and oxygen atoms in total. The van der Waals surface area contributed by atoms with Gasteiger partial charge in [0.05, 0.1) is 0 Å². The Morgan fingerprint density at radius 2 is 0.826 bits per heavy atom. The molecule has 0 aliphatic carbocycles. The summed E-state index contributed by atoms with van der Waals surface area (Å²) in [6.45, 7) is 18.8. The molecule has 1 saturated heterocycles. The third-order valence-electron chi connectivity index (χ3n) is 6.26. The highest BCUT2D eigenvalue weighted by molar-refractivity contribution is 7.13. The lowest BCUT2D eigenvalue weighted by molar-refractivity contribution is 1.02. The lowest BCUT2D eigenvalue weighted by Gasteiger charge is -2.26. The molecular weight excluding hydrogens is 292 g/mol. The van der Waals surface area contributed by atoms with Crippen molar-refractivity contribution in [3.8, 4) is 0 Å². The lowest BCUT2D eigenvalue weighted by atomic mass is 10.1. The van der Waals surface area contributed by atoms with Gasteiger partial charge in [-0.1, -0.05) is 71.5 Å². The van der Waals surface area contributed by atoms with Crippen LogP contribution in [0.3, 0.4) is 0 Å². The average Bonchev–Trinajstić information content (AvgIpc) is 2.90. The number of hydrogen-bond acceptors (Lipinski definition) is 0. The van der Waals surface area contributed by atoms with Crippen molar-refractivity contribution in [1.82, 2.24) is 0 Å². The summed E-state index contributed by atoms with van der Waals surface area (Å²) in [5.74, 6) is 0. The quantitative estimate of drug-likeness (QED) is 0.690. The first-order chi connectivity index (χ1) is 10.7. The molecule has 0 radical (unpaired) electrons. The van der Waals surface area contributed by atoms with Gasteiger partial charge in [0.2, 0.25) is 0 Å². The molecule has 1 aliphatic heterocycles. The molecule has 0 saturated carbocycles. The summed E-state index contributed by atoms with van der Waals surface area (Å²) in [5.41, 5.74) is 10.5. The zero-order valence-electron chi connectivity index (χ0n) is 16.0. The standard InChI is InChI=1S/C22H30Si/c1-13-9-15(3)21(16(4)10-13)23(19(7)20(23)8)22-17(5)11-14(2)12-18(22)6/h9-12,19-20H,1-8H3/t19-,20-/m1/s1. The van der Waals surface area contributed by atoms with E-state index in [0.717, 1.165) is 11.1 Å². The van der Waals surface area contributed by atoms with Crippen LogP contribution in [-0.4, -0.2) is 8.07 Å². The Labute approximate surface area is 143 Å². The molecule has 0 amide bonds. The van der Waals surface area contributed by atoms with Crippen LogP contribution in [0, 0.1) is 41.5 Å². The molecule has 1 heteroatoms. The van der Waals surface area contributed by atoms with E-state index >= 15 is 0 Å². The van der Waals surface area contributed by atoms with E-state index < -0.39 is 8.07 Å². The molecule has 1 aliphatic rings. The molecule has 1 fully saturated rings. The van der Waals surface area contributed by atoms with Crippen LogP contribution >= 0.6 is 0 Å². The number of aryl methyl sites for hydroxylation is 6. The van der Waals surface area contributed by atoms with Crippen molar-refractivity contribution < 1.29 is 0 Å². The normalized spacial score (nSPS) is 22.3. The largest absolute Gasteiger partial charge is 0.125 e. The Bertz CT molecular complexity index is 671. The van der Waals surface area contributed by atoms with E-state index in [0.29, 0.717) is 0 Å². The van der Waals surface area contributed by atoms with E-state index in [2.05, 4.69) is 79.7 Å². The first kappa shape index (κ1) is 16.5. The molecule has 2 aromatic carbocycles. The molecule has 0 N–H and O–H groups in total. The van der Waals surface area contributed by atoms with E-state index in [9.17, 15) is 0 Å². The van der Waals surface area contributed by atoms with Gasteiger partial charge in [-0.15, -0.1) is 0 Å². The van der Waals surface area contributed by atoms with Crippen LogP contribution in [0.1, 0.15) is 47.2 Å². The molecular formula is C22H30Si. The fraction of sp³-hybridized carbons (Fsp3) is 0.455. The summed E-state index contributed by atoms with van der Waals surface area (Å²) in [7, 11) is -1.64. The highest BCUT2D eigenvalue weighted by Gasteiger charge is 2.65. The Balaban J connectivity index is 2.34. The van der Waals surface area contributed by atoms with Gasteiger partial charge in [0.1, 0.15) is 8.07 Å². The fourth-order valence-corrected chi connectivity index (χ4v) is 12.5. The van der Waals surface area contributed by atoms with Gasteiger partial charge in [0.15, 0.2) is 0 Å². The third kappa shape index (κ3) is 2.24. The van der Waals surface area contributed by atoms with E-state index in [4.69, 9.17) is 0 Å². The van der Waals surface area contributed by atoms with Crippen molar-refractivity contribution >= 4 is 18.4 Å². The summed E-state index contributed by atoms with van der Waals surface area (Å²) in [5, 5.41) is 3.44. The third-order valence-corrected chi connectivity index (χ3v) is 13.0. The van der Waals surface area contributed by atoms with Gasteiger partial charge in [0.25, 0.3) is 0 Å². The Morgan fingerprint density at radius 1 is 0.565 bits per heavy atom. The molecule has 1 heterocycles. The highest BCUT2D eigenvalue weighted by Crippen LogP contribution is 2.59. The smallest absolute Gasteiger partial charge is 0.0643 e. The van der Waals surface area contributed by atoms with E-state index in [1.54, 1.807) is 10.4 Å². The van der Waals surface area contributed by atoms with Gasteiger partial charge >= 0.3 is 0 Å². The van der Waals surface area contributed by atoms with Crippen molar-refractivity contribution in [2.45, 2.75) is 66.5 Å². The average molecular weight is 323 g/mol. The molecule has 3 rings (SSSR count). The minimum atomic E-state index is -1.64. The topological polar surface area (TPSA) is 0 Å². The second-order valence-electron chi connectivity index (χ2n) is 7.99. The maximum atomic E-state index is 2.49. The van der Waals surface area contributed by atoms with Crippen LogP contribution in [0.2, 0.25) is 11.1 Å². The summed E-state index contributed by atoms with van der Waals surface area (Å²) >= 11 is 0.